The molecule has 1 unspecified atom stereocenters. The normalized spacial score (nSPS) is 17.4. The van der Waals surface area contributed by atoms with Gasteiger partial charge in [0.25, 0.3) is 0 Å². The second-order valence-electron chi connectivity index (χ2n) is 6.98. The molecule has 0 spiro atoms. The van der Waals surface area contributed by atoms with Crippen LogP contribution in [0.3, 0.4) is 0 Å². The topological polar surface area (TPSA) is 95.9 Å². The number of ether oxygens (including phenoxy) is 1. The molecule has 1 fully saturated rings. The molecular formula is C22H24N2O5. The second-order valence-corrected chi connectivity index (χ2v) is 6.98. The van der Waals surface area contributed by atoms with Gasteiger partial charge in [-0.2, -0.15) is 0 Å². The summed E-state index contributed by atoms with van der Waals surface area (Å²) in [4.78, 5) is 37.7. The van der Waals surface area contributed by atoms with Crippen molar-refractivity contribution in [1.82, 2.24) is 10.2 Å². The Morgan fingerprint density at radius 1 is 1.07 bits per heavy atom. The molecule has 7 nitrogen and oxygen atoms in total. The molecule has 2 N–H and O–H groups in total. The number of likely N-dealkylation sites (tertiary alicyclic amines) is 1. The van der Waals surface area contributed by atoms with E-state index in [1.54, 1.807) is 0 Å². The molecule has 2 aromatic carbocycles. The molecule has 1 aliphatic heterocycles. The van der Waals surface area contributed by atoms with Gasteiger partial charge in [-0.3, -0.25) is 4.79 Å². The number of aromatic carboxylic acids is 1. The van der Waals surface area contributed by atoms with Gasteiger partial charge >= 0.3 is 12.0 Å². The highest BCUT2D eigenvalue weighted by Gasteiger charge is 2.62. The van der Waals surface area contributed by atoms with Crippen molar-refractivity contribution in [1.29, 1.82) is 0 Å². The molecule has 1 aliphatic rings. The maximum atomic E-state index is 12.9. The summed E-state index contributed by atoms with van der Waals surface area (Å²) in [6.45, 7) is 4.09. The number of carbonyl (C=O) groups excluding carboxylic acids is 2. The van der Waals surface area contributed by atoms with Crippen LogP contribution in [0.4, 0.5) is 4.79 Å². The molecule has 0 aromatic heterocycles. The number of imide groups is 1. The number of hydrogen-bond donors (Lipinski definition) is 2. The van der Waals surface area contributed by atoms with Crippen LogP contribution in [0.25, 0.3) is 0 Å². The maximum Gasteiger partial charge on any atom is 0.335 e. The predicted molar refractivity (Wildman–Crippen MR) is 106 cm³/mol. The quantitative estimate of drug-likeness (QED) is 0.697. The molecule has 0 radical (unpaired) electrons. The number of rotatable bonds is 7. The summed E-state index contributed by atoms with van der Waals surface area (Å²) in [5, 5.41) is 11.8. The molecule has 29 heavy (non-hydrogen) atoms. The Morgan fingerprint density at radius 3 is 2.24 bits per heavy atom. The van der Waals surface area contributed by atoms with Gasteiger partial charge in [-0.05, 0) is 42.7 Å². The van der Waals surface area contributed by atoms with Gasteiger partial charge in [-0.25, -0.2) is 14.5 Å². The number of nitrogens with one attached hydrogen (secondary N) is 1. The lowest BCUT2D eigenvalue weighted by atomic mass is 9.72. The van der Waals surface area contributed by atoms with Gasteiger partial charge in [-0.15, -0.1) is 0 Å². The first-order valence-corrected chi connectivity index (χ1v) is 9.58. The van der Waals surface area contributed by atoms with E-state index in [-0.39, 0.29) is 11.5 Å². The number of β-lactam (4-membered cyclic amide) rings is 1. The van der Waals surface area contributed by atoms with Crippen molar-refractivity contribution in [2.45, 2.75) is 39.5 Å². The number of carbonyl (C=O) groups is 3. The molecule has 3 rings (SSSR count). The molecule has 1 atom stereocenters. The standard InChI is InChI=1S/C22H24N2O5/c1-3-22(4-2)19(27)24(21(28)23-14-15-8-6-5-7-9-15)20(22)29-17-12-10-16(11-13-17)18(25)26/h5-13,20H,3-4,14H2,1-2H3,(H,23,28)(H,25,26). The van der Waals surface area contributed by atoms with Crippen LogP contribution < -0.4 is 10.1 Å². The van der Waals surface area contributed by atoms with Gasteiger partial charge in [0.2, 0.25) is 5.91 Å². The van der Waals surface area contributed by atoms with E-state index in [0.29, 0.717) is 25.1 Å². The molecule has 0 bridgehead atoms. The van der Waals surface area contributed by atoms with Crippen LogP contribution in [0.15, 0.2) is 54.6 Å². The minimum atomic E-state index is -1.03. The number of carboxylic acids is 1. The van der Waals surface area contributed by atoms with Gasteiger partial charge in [0.15, 0.2) is 6.23 Å². The highest BCUT2D eigenvalue weighted by Crippen LogP contribution is 2.46. The zero-order chi connectivity index (χ0) is 21.0. The molecule has 2 aromatic rings. The smallest absolute Gasteiger partial charge is 0.335 e. The molecule has 1 heterocycles. The van der Waals surface area contributed by atoms with Gasteiger partial charge in [0, 0.05) is 6.54 Å². The largest absolute Gasteiger partial charge is 0.478 e. The number of urea groups is 1. The van der Waals surface area contributed by atoms with Gasteiger partial charge < -0.3 is 15.2 Å². The third-order valence-corrected chi connectivity index (χ3v) is 5.47. The summed E-state index contributed by atoms with van der Waals surface area (Å²) < 4.78 is 5.99. The fraction of sp³-hybridized carbons (Fsp3) is 0.318. The summed E-state index contributed by atoms with van der Waals surface area (Å²) in [7, 11) is 0. The number of nitrogens with zero attached hydrogens (tertiary/aromatic N) is 1. The Balaban J connectivity index is 1.76. The van der Waals surface area contributed by atoms with Crippen LogP contribution >= 0.6 is 0 Å². The molecule has 152 valence electrons. The predicted octanol–water partition coefficient (Wildman–Crippen LogP) is 3.65. The first kappa shape index (κ1) is 20.4. The summed E-state index contributed by atoms with van der Waals surface area (Å²) >= 11 is 0. The Bertz CT molecular complexity index is 891. The number of amides is 3. The van der Waals surface area contributed by atoms with Crippen molar-refractivity contribution >= 4 is 17.9 Å². The van der Waals surface area contributed by atoms with Gasteiger partial charge in [0.1, 0.15) is 11.2 Å². The molecule has 0 aliphatic carbocycles. The minimum absolute atomic E-state index is 0.136. The van der Waals surface area contributed by atoms with Gasteiger partial charge in [-0.1, -0.05) is 44.2 Å². The lowest BCUT2D eigenvalue weighted by molar-refractivity contribution is -0.190. The average Bonchev–Trinajstić information content (AvgIpc) is 2.74. The van der Waals surface area contributed by atoms with E-state index in [9.17, 15) is 14.4 Å². The van der Waals surface area contributed by atoms with Crippen molar-refractivity contribution in [3.05, 3.63) is 65.7 Å². The first-order chi connectivity index (χ1) is 13.9. The zero-order valence-electron chi connectivity index (χ0n) is 16.4. The average molecular weight is 396 g/mol. The zero-order valence-corrected chi connectivity index (χ0v) is 16.4. The fourth-order valence-corrected chi connectivity index (χ4v) is 3.56. The Labute approximate surface area is 169 Å². The van der Waals surface area contributed by atoms with Crippen molar-refractivity contribution in [3.63, 3.8) is 0 Å². The lowest BCUT2D eigenvalue weighted by Gasteiger charge is -2.53. The SMILES string of the molecule is CCC1(CC)C(=O)N(C(=O)NCc2ccccc2)C1Oc1ccc(C(=O)O)cc1. The van der Waals surface area contributed by atoms with E-state index in [4.69, 9.17) is 9.84 Å². The number of carboxylic acid groups (broad SMARTS) is 1. The van der Waals surface area contributed by atoms with E-state index >= 15 is 0 Å². The van der Waals surface area contributed by atoms with Crippen LogP contribution in [-0.2, 0) is 11.3 Å². The van der Waals surface area contributed by atoms with Crippen molar-refractivity contribution in [2.24, 2.45) is 5.41 Å². The van der Waals surface area contributed by atoms with Crippen LogP contribution in [0.2, 0.25) is 0 Å². The number of hydrogen-bond acceptors (Lipinski definition) is 4. The number of benzene rings is 2. The van der Waals surface area contributed by atoms with E-state index < -0.39 is 23.6 Å². The highest BCUT2D eigenvalue weighted by atomic mass is 16.5. The molecule has 0 saturated carbocycles. The summed E-state index contributed by atoms with van der Waals surface area (Å²) in [5.74, 6) is -0.895. The van der Waals surface area contributed by atoms with E-state index in [1.165, 1.54) is 24.3 Å². The molecule has 1 saturated heterocycles. The summed E-state index contributed by atoms with van der Waals surface area (Å²) in [6, 6.07) is 14.8. The van der Waals surface area contributed by atoms with Crippen LogP contribution in [0.5, 0.6) is 5.75 Å². The van der Waals surface area contributed by atoms with E-state index in [2.05, 4.69) is 5.32 Å². The summed E-state index contributed by atoms with van der Waals surface area (Å²) in [6.07, 6.45) is 0.308. The van der Waals surface area contributed by atoms with Crippen molar-refractivity contribution in [2.75, 3.05) is 0 Å². The van der Waals surface area contributed by atoms with Crippen LogP contribution in [0, 0.1) is 5.41 Å². The highest BCUT2D eigenvalue weighted by molar-refractivity contribution is 6.03. The third kappa shape index (κ3) is 3.81. The van der Waals surface area contributed by atoms with E-state index in [0.717, 1.165) is 10.5 Å². The van der Waals surface area contributed by atoms with E-state index in [1.807, 2.05) is 44.2 Å². The Hall–Kier alpha value is -3.35. The van der Waals surface area contributed by atoms with Crippen molar-refractivity contribution in [3.8, 4) is 5.75 Å². The Kier molecular flexibility index (Phi) is 5.87. The maximum absolute atomic E-state index is 12.9. The Morgan fingerprint density at radius 2 is 1.69 bits per heavy atom. The second kappa shape index (κ2) is 8.34. The lowest BCUT2D eigenvalue weighted by Crippen LogP contribution is -2.73. The molecular weight excluding hydrogens is 372 g/mol. The van der Waals surface area contributed by atoms with Crippen LogP contribution in [-0.4, -0.2) is 34.1 Å². The summed E-state index contributed by atoms with van der Waals surface area (Å²) in [5.41, 5.74) is 0.278. The molecule has 3 amide bonds. The van der Waals surface area contributed by atoms with Crippen molar-refractivity contribution < 1.29 is 24.2 Å². The van der Waals surface area contributed by atoms with Crippen LogP contribution in [0.1, 0.15) is 42.6 Å². The fourth-order valence-electron chi connectivity index (χ4n) is 3.56. The minimum Gasteiger partial charge on any atom is -0.478 e. The monoisotopic (exact) mass is 396 g/mol. The first-order valence-electron chi connectivity index (χ1n) is 9.58. The molecule has 7 heteroatoms. The third-order valence-electron chi connectivity index (χ3n) is 5.47. The van der Waals surface area contributed by atoms with Gasteiger partial charge in [0.05, 0.1) is 5.56 Å².